The minimum Gasteiger partial charge on any atom is -0.298 e. The highest BCUT2D eigenvalue weighted by Gasteiger charge is 2.18. The minimum absolute atomic E-state index is 0.00343. The molecule has 0 saturated heterocycles. The van der Waals surface area contributed by atoms with E-state index in [9.17, 15) is 23.3 Å². The molecule has 0 spiro atoms. The van der Waals surface area contributed by atoms with Crippen molar-refractivity contribution in [2.24, 2.45) is 0 Å². The number of carbonyl (C=O) groups excluding carboxylic acids is 1. The van der Waals surface area contributed by atoms with Crippen molar-refractivity contribution in [2.45, 2.75) is 10.6 Å². The number of rotatable bonds is 5. The standard InChI is InChI=1S/C14H11NO5S/c16-9-12-8-13(15(17)18)7-6-11(12)10-21(19,20)14-4-2-1-3-5-14/h1-9H,10H2. The van der Waals surface area contributed by atoms with E-state index in [1.165, 1.54) is 24.3 Å². The van der Waals surface area contributed by atoms with Gasteiger partial charge in [0, 0.05) is 17.7 Å². The second-order valence-electron chi connectivity index (χ2n) is 4.33. The van der Waals surface area contributed by atoms with Crippen molar-refractivity contribution < 1.29 is 18.1 Å². The topological polar surface area (TPSA) is 94.3 Å². The summed E-state index contributed by atoms with van der Waals surface area (Å²) in [5, 5.41) is 10.7. The lowest BCUT2D eigenvalue weighted by Gasteiger charge is -2.06. The van der Waals surface area contributed by atoms with E-state index in [4.69, 9.17) is 0 Å². The number of carbonyl (C=O) groups is 1. The van der Waals surface area contributed by atoms with Gasteiger partial charge in [0.2, 0.25) is 0 Å². The first-order valence-corrected chi connectivity index (χ1v) is 7.59. The van der Waals surface area contributed by atoms with Crippen molar-refractivity contribution in [3.8, 4) is 0 Å². The highest BCUT2D eigenvalue weighted by Crippen LogP contribution is 2.21. The van der Waals surface area contributed by atoms with Gasteiger partial charge in [-0.3, -0.25) is 14.9 Å². The van der Waals surface area contributed by atoms with Crippen LogP contribution in [0.5, 0.6) is 0 Å². The molecule has 6 nitrogen and oxygen atoms in total. The van der Waals surface area contributed by atoms with Crippen LogP contribution in [-0.4, -0.2) is 19.6 Å². The fourth-order valence-electron chi connectivity index (χ4n) is 1.85. The van der Waals surface area contributed by atoms with E-state index in [-0.39, 0.29) is 27.5 Å². The number of nitro benzene ring substituents is 1. The van der Waals surface area contributed by atoms with Crippen LogP contribution in [0.1, 0.15) is 15.9 Å². The van der Waals surface area contributed by atoms with Gasteiger partial charge in [0.1, 0.15) is 0 Å². The Bertz CT molecular complexity index is 784. The van der Waals surface area contributed by atoms with Crippen LogP contribution >= 0.6 is 0 Å². The maximum atomic E-state index is 12.2. The first-order chi connectivity index (χ1) is 9.94. The predicted molar refractivity (Wildman–Crippen MR) is 75.8 cm³/mol. The summed E-state index contributed by atoms with van der Waals surface area (Å²) >= 11 is 0. The molecule has 21 heavy (non-hydrogen) atoms. The van der Waals surface area contributed by atoms with Gasteiger partial charge in [-0.1, -0.05) is 24.3 Å². The molecule has 0 fully saturated rings. The van der Waals surface area contributed by atoms with Crippen LogP contribution in [0.15, 0.2) is 53.4 Å². The Morgan fingerprint density at radius 3 is 2.33 bits per heavy atom. The molecule has 0 aliphatic rings. The summed E-state index contributed by atoms with van der Waals surface area (Å²) in [4.78, 5) is 21.2. The molecule has 0 saturated carbocycles. The lowest BCUT2D eigenvalue weighted by atomic mass is 10.1. The third-order valence-corrected chi connectivity index (χ3v) is 4.60. The largest absolute Gasteiger partial charge is 0.298 e. The average molecular weight is 305 g/mol. The Balaban J connectivity index is 2.40. The SMILES string of the molecule is O=Cc1cc([N+](=O)[O-])ccc1CS(=O)(=O)c1ccccc1. The summed E-state index contributed by atoms with van der Waals surface area (Å²) in [5.74, 6) is -0.386. The number of aldehydes is 1. The lowest BCUT2D eigenvalue weighted by Crippen LogP contribution is -2.07. The maximum absolute atomic E-state index is 12.2. The van der Waals surface area contributed by atoms with Crippen LogP contribution in [0, 0.1) is 10.1 Å². The van der Waals surface area contributed by atoms with Crippen molar-refractivity contribution in [1.82, 2.24) is 0 Å². The van der Waals surface area contributed by atoms with Gasteiger partial charge in [-0.05, 0) is 17.7 Å². The van der Waals surface area contributed by atoms with Crippen LogP contribution in [0.3, 0.4) is 0 Å². The molecule has 2 rings (SSSR count). The smallest absolute Gasteiger partial charge is 0.270 e. The van der Waals surface area contributed by atoms with E-state index in [0.29, 0.717) is 6.29 Å². The molecule has 0 radical (unpaired) electrons. The number of hydrogen-bond acceptors (Lipinski definition) is 5. The molecular formula is C14H11NO5S. The highest BCUT2D eigenvalue weighted by molar-refractivity contribution is 7.90. The fraction of sp³-hybridized carbons (Fsp3) is 0.0714. The second-order valence-corrected chi connectivity index (χ2v) is 6.32. The number of nitrogens with zero attached hydrogens (tertiary/aromatic N) is 1. The molecule has 0 aromatic heterocycles. The molecule has 0 heterocycles. The van der Waals surface area contributed by atoms with Crippen LogP contribution in [0.2, 0.25) is 0 Å². The molecule has 0 amide bonds. The van der Waals surface area contributed by atoms with Crippen LogP contribution < -0.4 is 0 Å². The van der Waals surface area contributed by atoms with Crippen LogP contribution in [0.25, 0.3) is 0 Å². The molecule has 2 aromatic rings. The first kappa shape index (κ1) is 14.9. The fourth-order valence-corrected chi connectivity index (χ4v) is 3.26. The molecule has 0 N–H and O–H groups in total. The molecule has 0 bridgehead atoms. The van der Waals surface area contributed by atoms with E-state index < -0.39 is 14.8 Å². The van der Waals surface area contributed by atoms with E-state index in [0.717, 1.165) is 6.07 Å². The highest BCUT2D eigenvalue weighted by atomic mass is 32.2. The normalized spacial score (nSPS) is 11.0. The zero-order valence-corrected chi connectivity index (χ0v) is 11.6. The Morgan fingerprint density at radius 1 is 1.10 bits per heavy atom. The van der Waals surface area contributed by atoms with Crippen LogP contribution in [0.4, 0.5) is 5.69 Å². The molecule has 108 valence electrons. The Hall–Kier alpha value is -2.54. The van der Waals surface area contributed by atoms with Crippen molar-refractivity contribution in [3.63, 3.8) is 0 Å². The van der Waals surface area contributed by atoms with Gasteiger partial charge in [0.15, 0.2) is 16.1 Å². The third kappa shape index (κ3) is 3.32. The lowest BCUT2D eigenvalue weighted by molar-refractivity contribution is -0.384. The molecule has 7 heteroatoms. The molecule has 0 aliphatic heterocycles. The van der Waals surface area contributed by atoms with Gasteiger partial charge in [-0.25, -0.2) is 8.42 Å². The van der Waals surface area contributed by atoms with Crippen molar-refractivity contribution in [1.29, 1.82) is 0 Å². The summed E-state index contributed by atoms with van der Waals surface area (Å²) in [6, 6.07) is 11.4. The zero-order chi connectivity index (χ0) is 15.5. The summed E-state index contributed by atoms with van der Waals surface area (Å²) in [6.07, 6.45) is 0.419. The van der Waals surface area contributed by atoms with Crippen molar-refractivity contribution in [3.05, 3.63) is 69.8 Å². The van der Waals surface area contributed by atoms with E-state index >= 15 is 0 Å². The van der Waals surface area contributed by atoms with E-state index in [2.05, 4.69) is 0 Å². The zero-order valence-electron chi connectivity index (χ0n) is 10.8. The number of non-ortho nitro benzene ring substituents is 1. The number of benzene rings is 2. The van der Waals surface area contributed by atoms with Gasteiger partial charge >= 0.3 is 0 Å². The molecule has 0 atom stereocenters. The Labute approximate surface area is 121 Å². The number of nitro groups is 1. The second kappa shape index (κ2) is 5.84. The van der Waals surface area contributed by atoms with Gasteiger partial charge in [-0.15, -0.1) is 0 Å². The maximum Gasteiger partial charge on any atom is 0.270 e. The van der Waals surface area contributed by atoms with Gasteiger partial charge in [0.05, 0.1) is 15.6 Å². The number of hydrogen-bond donors (Lipinski definition) is 0. The summed E-state index contributed by atoms with van der Waals surface area (Å²) in [5.41, 5.74) is -0.0129. The van der Waals surface area contributed by atoms with E-state index in [1.54, 1.807) is 18.2 Å². The Morgan fingerprint density at radius 2 is 1.76 bits per heavy atom. The van der Waals surface area contributed by atoms with Gasteiger partial charge in [-0.2, -0.15) is 0 Å². The Kier molecular flexibility index (Phi) is 4.13. The summed E-state index contributed by atoms with van der Waals surface area (Å²) in [7, 11) is -3.61. The summed E-state index contributed by atoms with van der Waals surface area (Å²) < 4.78 is 24.5. The molecule has 2 aromatic carbocycles. The van der Waals surface area contributed by atoms with Crippen molar-refractivity contribution >= 4 is 21.8 Å². The molecule has 0 aliphatic carbocycles. The van der Waals surface area contributed by atoms with Crippen LogP contribution in [-0.2, 0) is 15.6 Å². The van der Waals surface area contributed by atoms with Gasteiger partial charge in [0.25, 0.3) is 5.69 Å². The number of sulfone groups is 1. The van der Waals surface area contributed by atoms with Gasteiger partial charge < -0.3 is 0 Å². The van der Waals surface area contributed by atoms with E-state index in [1.807, 2.05) is 0 Å². The van der Waals surface area contributed by atoms with Crippen molar-refractivity contribution in [2.75, 3.05) is 0 Å². The first-order valence-electron chi connectivity index (χ1n) is 5.94. The predicted octanol–water partition coefficient (Wildman–Crippen LogP) is 2.38. The third-order valence-electron chi connectivity index (χ3n) is 2.92. The average Bonchev–Trinajstić information content (AvgIpc) is 2.48. The monoisotopic (exact) mass is 305 g/mol. The minimum atomic E-state index is -3.61. The molecular weight excluding hydrogens is 294 g/mol. The quantitative estimate of drug-likeness (QED) is 0.480. The molecule has 0 unspecified atom stereocenters. The summed E-state index contributed by atoms with van der Waals surface area (Å²) in [6.45, 7) is 0.